The predicted molar refractivity (Wildman–Crippen MR) is 77.1 cm³/mol. The Labute approximate surface area is 110 Å². The van der Waals surface area contributed by atoms with E-state index in [9.17, 15) is 0 Å². The summed E-state index contributed by atoms with van der Waals surface area (Å²) in [6, 6.07) is 4.43. The zero-order chi connectivity index (χ0) is 12.9. The molecule has 2 aromatic heterocycles. The maximum atomic E-state index is 5.76. The Hall–Kier alpha value is -1.81. The van der Waals surface area contributed by atoms with Crippen molar-refractivity contribution in [1.29, 1.82) is 0 Å². The number of thiazole rings is 1. The van der Waals surface area contributed by atoms with Crippen molar-refractivity contribution in [2.24, 2.45) is 0 Å². The summed E-state index contributed by atoms with van der Waals surface area (Å²) in [6.45, 7) is 6.43. The highest BCUT2D eigenvalue weighted by molar-refractivity contribution is 7.15. The molecule has 0 atom stereocenters. The lowest BCUT2D eigenvalue weighted by Crippen LogP contribution is -1.93. The summed E-state index contributed by atoms with van der Waals surface area (Å²) in [6.07, 6.45) is 1.89. The Bertz CT molecular complexity index is 714. The van der Waals surface area contributed by atoms with Gasteiger partial charge in [0.2, 0.25) is 0 Å². The van der Waals surface area contributed by atoms with Crippen molar-refractivity contribution in [3.8, 4) is 11.3 Å². The highest BCUT2D eigenvalue weighted by Crippen LogP contribution is 2.32. The minimum absolute atomic E-state index is 0.575. The number of benzene rings is 1. The number of anilines is 1. The van der Waals surface area contributed by atoms with Gasteiger partial charge in [-0.15, -0.1) is 11.3 Å². The van der Waals surface area contributed by atoms with Crippen LogP contribution in [-0.4, -0.2) is 9.38 Å². The van der Waals surface area contributed by atoms with E-state index in [1.807, 2.05) is 6.20 Å². The molecule has 0 saturated heterocycles. The van der Waals surface area contributed by atoms with E-state index in [1.54, 1.807) is 11.3 Å². The molecular formula is C14H15N3S. The molecule has 2 N–H and O–H groups in total. The molecule has 0 aliphatic heterocycles. The molecule has 4 heteroatoms. The number of aromatic nitrogens is 2. The summed E-state index contributed by atoms with van der Waals surface area (Å²) < 4.78 is 2.07. The molecule has 0 spiro atoms. The summed E-state index contributed by atoms with van der Waals surface area (Å²) in [7, 11) is 0. The zero-order valence-electron chi connectivity index (χ0n) is 10.7. The van der Waals surface area contributed by atoms with Gasteiger partial charge in [-0.2, -0.15) is 0 Å². The Morgan fingerprint density at radius 2 is 1.83 bits per heavy atom. The highest BCUT2D eigenvalue weighted by atomic mass is 32.1. The monoisotopic (exact) mass is 257 g/mol. The van der Waals surface area contributed by atoms with Crippen molar-refractivity contribution >= 4 is 22.1 Å². The maximum Gasteiger partial charge on any atom is 0.196 e. The average Bonchev–Trinajstić information content (AvgIpc) is 2.77. The van der Waals surface area contributed by atoms with Gasteiger partial charge in [-0.25, -0.2) is 4.98 Å². The van der Waals surface area contributed by atoms with Crippen LogP contribution in [-0.2, 0) is 0 Å². The van der Waals surface area contributed by atoms with Crippen molar-refractivity contribution in [1.82, 2.24) is 9.38 Å². The smallest absolute Gasteiger partial charge is 0.196 e. The van der Waals surface area contributed by atoms with Crippen molar-refractivity contribution in [3.63, 3.8) is 0 Å². The van der Waals surface area contributed by atoms with E-state index < -0.39 is 0 Å². The van der Waals surface area contributed by atoms with Gasteiger partial charge < -0.3 is 5.73 Å². The Morgan fingerprint density at radius 1 is 1.17 bits per heavy atom. The van der Waals surface area contributed by atoms with Crippen LogP contribution in [0, 0.1) is 20.8 Å². The van der Waals surface area contributed by atoms with E-state index in [2.05, 4.69) is 47.7 Å². The maximum absolute atomic E-state index is 5.76. The van der Waals surface area contributed by atoms with E-state index in [0.717, 1.165) is 4.96 Å². The fraction of sp³-hybridized carbons (Fsp3) is 0.214. The third-order valence-corrected chi connectivity index (χ3v) is 4.00. The molecule has 0 amide bonds. The quantitative estimate of drug-likeness (QED) is 0.724. The van der Waals surface area contributed by atoms with Gasteiger partial charge in [-0.05, 0) is 31.9 Å². The van der Waals surface area contributed by atoms with Crippen molar-refractivity contribution in [3.05, 3.63) is 40.4 Å². The van der Waals surface area contributed by atoms with Crippen LogP contribution in [0.4, 0.5) is 5.82 Å². The molecular weight excluding hydrogens is 242 g/mol. The second-order valence-electron chi connectivity index (χ2n) is 4.71. The van der Waals surface area contributed by atoms with Crippen molar-refractivity contribution in [2.45, 2.75) is 20.8 Å². The zero-order valence-corrected chi connectivity index (χ0v) is 11.5. The summed E-state index contributed by atoms with van der Waals surface area (Å²) in [4.78, 5) is 5.24. The number of hydrogen-bond donors (Lipinski definition) is 1. The molecule has 0 radical (unpaired) electrons. The van der Waals surface area contributed by atoms with Gasteiger partial charge in [0.05, 0.1) is 11.9 Å². The number of fused-ring (bicyclic) bond motifs is 1. The second kappa shape index (κ2) is 3.85. The summed E-state index contributed by atoms with van der Waals surface area (Å²) in [5, 5.41) is 2.15. The molecule has 0 fully saturated rings. The van der Waals surface area contributed by atoms with E-state index in [0.29, 0.717) is 5.82 Å². The van der Waals surface area contributed by atoms with Gasteiger partial charge >= 0.3 is 0 Å². The van der Waals surface area contributed by atoms with Crippen LogP contribution >= 0.6 is 11.3 Å². The van der Waals surface area contributed by atoms with Gasteiger partial charge in [0.25, 0.3) is 0 Å². The van der Waals surface area contributed by atoms with E-state index in [-0.39, 0.29) is 0 Å². The predicted octanol–water partition coefficient (Wildman–Crippen LogP) is 3.57. The van der Waals surface area contributed by atoms with Crippen LogP contribution < -0.4 is 5.73 Å². The Morgan fingerprint density at radius 3 is 2.50 bits per heavy atom. The Kier molecular flexibility index (Phi) is 2.41. The molecule has 0 saturated carbocycles. The average molecular weight is 257 g/mol. The number of rotatable bonds is 1. The van der Waals surface area contributed by atoms with Gasteiger partial charge in [0, 0.05) is 10.9 Å². The largest absolute Gasteiger partial charge is 0.382 e. The van der Waals surface area contributed by atoms with Crippen LogP contribution in [0.5, 0.6) is 0 Å². The topological polar surface area (TPSA) is 43.3 Å². The van der Waals surface area contributed by atoms with E-state index in [4.69, 9.17) is 5.73 Å². The van der Waals surface area contributed by atoms with Crippen LogP contribution in [0.2, 0.25) is 0 Å². The van der Waals surface area contributed by atoms with Gasteiger partial charge in [-0.3, -0.25) is 4.40 Å². The first-order chi connectivity index (χ1) is 8.56. The first kappa shape index (κ1) is 11.3. The number of nitrogens with two attached hydrogens (primary N) is 1. The number of hydrogen-bond acceptors (Lipinski definition) is 3. The number of nitrogens with zero attached hydrogens (tertiary/aromatic N) is 2. The third-order valence-electron chi connectivity index (χ3n) is 3.16. The third kappa shape index (κ3) is 1.61. The van der Waals surface area contributed by atoms with E-state index in [1.165, 1.54) is 27.9 Å². The normalized spacial score (nSPS) is 11.3. The van der Waals surface area contributed by atoms with Gasteiger partial charge in [0.1, 0.15) is 5.82 Å². The molecule has 92 valence electrons. The van der Waals surface area contributed by atoms with Gasteiger partial charge in [0.15, 0.2) is 4.96 Å². The van der Waals surface area contributed by atoms with Crippen LogP contribution in [0.3, 0.4) is 0 Å². The first-order valence-corrected chi connectivity index (χ1v) is 6.74. The van der Waals surface area contributed by atoms with Crippen molar-refractivity contribution in [2.75, 3.05) is 5.73 Å². The van der Waals surface area contributed by atoms with Crippen LogP contribution in [0.1, 0.15) is 16.7 Å². The number of imidazole rings is 1. The lowest BCUT2D eigenvalue weighted by Gasteiger charge is -2.10. The molecule has 1 aromatic carbocycles. The highest BCUT2D eigenvalue weighted by Gasteiger charge is 2.13. The summed E-state index contributed by atoms with van der Waals surface area (Å²) in [5.74, 6) is 0.575. The van der Waals surface area contributed by atoms with Crippen LogP contribution in [0.25, 0.3) is 16.2 Å². The second-order valence-corrected chi connectivity index (χ2v) is 5.55. The van der Waals surface area contributed by atoms with Crippen LogP contribution in [0.15, 0.2) is 23.7 Å². The molecule has 3 nitrogen and oxygen atoms in total. The standard InChI is InChI=1S/C14H15N3S/c1-8-4-9(2)13(10(3)5-8)11-7-18-14-16-12(15)6-17(11)14/h4-7H,15H2,1-3H3. The number of aryl methyl sites for hydroxylation is 3. The summed E-state index contributed by atoms with van der Waals surface area (Å²) >= 11 is 1.62. The molecule has 0 unspecified atom stereocenters. The molecule has 18 heavy (non-hydrogen) atoms. The minimum atomic E-state index is 0.575. The summed E-state index contributed by atoms with van der Waals surface area (Å²) in [5.41, 5.74) is 12.1. The molecule has 0 aliphatic rings. The minimum Gasteiger partial charge on any atom is -0.382 e. The first-order valence-electron chi connectivity index (χ1n) is 5.86. The molecule has 0 bridgehead atoms. The number of nitrogen functional groups attached to an aromatic ring is 1. The molecule has 3 rings (SSSR count). The fourth-order valence-electron chi connectivity index (χ4n) is 2.57. The molecule has 0 aliphatic carbocycles. The van der Waals surface area contributed by atoms with E-state index >= 15 is 0 Å². The fourth-order valence-corrected chi connectivity index (χ4v) is 3.44. The molecule has 2 heterocycles. The Balaban J connectivity index is 2.32. The SMILES string of the molecule is Cc1cc(C)c(-c2csc3nc(N)cn23)c(C)c1. The van der Waals surface area contributed by atoms with Gasteiger partial charge in [-0.1, -0.05) is 17.7 Å². The lowest BCUT2D eigenvalue weighted by molar-refractivity contribution is 1.21. The lowest BCUT2D eigenvalue weighted by atomic mass is 9.98. The molecule has 3 aromatic rings. The van der Waals surface area contributed by atoms with Crippen molar-refractivity contribution < 1.29 is 0 Å².